The molecule has 24 heavy (non-hydrogen) atoms. The van der Waals surface area contributed by atoms with Crippen LogP contribution >= 0.6 is 0 Å². The lowest BCUT2D eigenvalue weighted by Gasteiger charge is -2.44. The Hall–Kier alpha value is -1.59. The Bertz CT molecular complexity index is 563. The standard InChI is InChI=1S/C19H27N3O2/c23-18(24-17-14-22-12-6-15(17)7-13-22)21-19(8-10-20-11-9-19)16-4-2-1-3-5-16/h1-5,15,17,20H,6-14H2,(H,21,23). The van der Waals surface area contributed by atoms with Crippen LogP contribution in [0.1, 0.15) is 31.2 Å². The number of fused-ring (bicyclic) bond motifs is 3. The van der Waals surface area contributed by atoms with Gasteiger partial charge < -0.3 is 15.4 Å². The normalized spacial score (nSPS) is 31.4. The molecule has 130 valence electrons. The van der Waals surface area contributed by atoms with Crippen LogP contribution < -0.4 is 10.6 Å². The highest BCUT2D eigenvalue weighted by molar-refractivity contribution is 5.69. The number of benzene rings is 1. The van der Waals surface area contributed by atoms with Crippen LogP contribution in [0.3, 0.4) is 0 Å². The SMILES string of the molecule is O=C(NC1(c2ccccc2)CCNCC1)OC1CN2CCC1CC2. The Labute approximate surface area is 143 Å². The first kappa shape index (κ1) is 15.9. The lowest BCUT2D eigenvalue weighted by atomic mass is 9.81. The van der Waals surface area contributed by atoms with Gasteiger partial charge in [-0.3, -0.25) is 4.90 Å². The van der Waals surface area contributed by atoms with Gasteiger partial charge in [0.25, 0.3) is 0 Å². The van der Waals surface area contributed by atoms with E-state index in [0.717, 1.165) is 58.4 Å². The summed E-state index contributed by atoms with van der Waals surface area (Å²) in [6.07, 6.45) is 3.91. The molecule has 5 nitrogen and oxygen atoms in total. The topological polar surface area (TPSA) is 53.6 Å². The summed E-state index contributed by atoms with van der Waals surface area (Å²) < 4.78 is 5.86. The molecule has 4 aliphatic rings. The van der Waals surface area contributed by atoms with E-state index in [1.165, 1.54) is 5.56 Å². The number of carbonyl (C=O) groups is 1. The van der Waals surface area contributed by atoms with Crippen LogP contribution in [0.25, 0.3) is 0 Å². The molecule has 1 atom stereocenters. The molecule has 0 saturated carbocycles. The maximum Gasteiger partial charge on any atom is 0.408 e. The van der Waals surface area contributed by atoms with Gasteiger partial charge in [-0.25, -0.2) is 4.79 Å². The molecule has 0 aromatic heterocycles. The Morgan fingerprint density at radius 2 is 1.88 bits per heavy atom. The summed E-state index contributed by atoms with van der Waals surface area (Å²) in [7, 11) is 0. The van der Waals surface area contributed by atoms with Gasteiger partial charge in [0.15, 0.2) is 0 Å². The van der Waals surface area contributed by atoms with Crippen LogP contribution in [0, 0.1) is 5.92 Å². The molecule has 2 N–H and O–H groups in total. The second kappa shape index (κ2) is 6.73. The summed E-state index contributed by atoms with van der Waals surface area (Å²) in [6, 6.07) is 10.3. The molecule has 4 aliphatic heterocycles. The van der Waals surface area contributed by atoms with E-state index >= 15 is 0 Å². The van der Waals surface area contributed by atoms with Crippen molar-refractivity contribution in [2.75, 3.05) is 32.7 Å². The number of hydrogen-bond acceptors (Lipinski definition) is 4. The molecular weight excluding hydrogens is 302 g/mol. The highest BCUT2D eigenvalue weighted by Crippen LogP contribution is 2.32. The summed E-state index contributed by atoms with van der Waals surface area (Å²) >= 11 is 0. The van der Waals surface area contributed by atoms with E-state index in [1.807, 2.05) is 18.2 Å². The fourth-order valence-electron chi connectivity index (χ4n) is 4.50. The summed E-state index contributed by atoms with van der Waals surface area (Å²) in [5.74, 6) is 0.543. The number of piperidine rings is 4. The molecule has 5 heteroatoms. The number of hydrogen-bond donors (Lipinski definition) is 2. The molecule has 4 heterocycles. The van der Waals surface area contributed by atoms with Crippen molar-refractivity contribution < 1.29 is 9.53 Å². The Morgan fingerprint density at radius 1 is 1.17 bits per heavy atom. The van der Waals surface area contributed by atoms with Crippen LogP contribution in [0.4, 0.5) is 4.79 Å². The van der Waals surface area contributed by atoms with E-state index < -0.39 is 0 Å². The fourth-order valence-corrected chi connectivity index (χ4v) is 4.50. The van der Waals surface area contributed by atoms with Crippen molar-refractivity contribution in [2.45, 2.75) is 37.3 Å². The zero-order chi connectivity index (χ0) is 16.4. The third kappa shape index (κ3) is 3.15. The highest BCUT2D eigenvalue weighted by atomic mass is 16.6. The number of nitrogens with one attached hydrogen (secondary N) is 2. The van der Waals surface area contributed by atoms with Gasteiger partial charge in [0.05, 0.1) is 5.54 Å². The zero-order valence-electron chi connectivity index (χ0n) is 14.2. The maximum atomic E-state index is 12.7. The number of amides is 1. The summed E-state index contributed by atoms with van der Waals surface area (Å²) in [4.78, 5) is 15.1. The van der Waals surface area contributed by atoms with Gasteiger partial charge in [0, 0.05) is 6.54 Å². The van der Waals surface area contributed by atoms with Crippen LogP contribution in [0.15, 0.2) is 30.3 Å². The van der Waals surface area contributed by atoms with E-state index in [4.69, 9.17) is 4.74 Å². The highest BCUT2D eigenvalue weighted by Gasteiger charge is 2.39. The largest absolute Gasteiger partial charge is 0.445 e. The van der Waals surface area contributed by atoms with E-state index in [2.05, 4.69) is 27.7 Å². The molecule has 2 bridgehead atoms. The molecule has 1 unspecified atom stereocenters. The van der Waals surface area contributed by atoms with Crippen molar-refractivity contribution in [3.63, 3.8) is 0 Å². The van der Waals surface area contributed by atoms with E-state index in [-0.39, 0.29) is 17.7 Å². The third-order valence-corrected chi connectivity index (χ3v) is 5.98. The first-order valence-corrected chi connectivity index (χ1v) is 9.23. The minimum Gasteiger partial charge on any atom is -0.445 e. The molecule has 4 saturated heterocycles. The average Bonchev–Trinajstić information content (AvgIpc) is 2.64. The number of alkyl carbamates (subject to hydrolysis) is 1. The van der Waals surface area contributed by atoms with Gasteiger partial charge in [-0.15, -0.1) is 0 Å². The van der Waals surface area contributed by atoms with Crippen molar-refractivity contribution in [2.24, 2.45) is 5.92 Å². The number of rotatable bonds is 3. The van der Waals surface area contributed by atoms with Crippen LogP contribution in [-0.2, 0) is 10.3 Å². The van der Waals surface area contributed by atoms with Gasteiger partial charge in [-0.1, -0.05) is 30.3 Å². The van der Waals surface area contributed by atoms with Gasteiger partial charge in [0.1, 0.15) is 6.10 Å². The van der Waals surface area contributed by atoms with Gasteiger partial charge >= 0.3 is 6.09 Å². The molecule has 0 aliphatic carbocycles. The minimum absolute atomic E-state index is 0.0574. The average molecular weight is 329 g/mol. The number of carbonyl (C=O) groups excluding carboxylic acids is 1. The Kier molecular flexibility index (Phi) is 4.46. The van der Waals surface area contributed by atoms with Gasteiger partial charge in [-0.2, -0.15) is 0 Å². The zero-order valence-corrected chi connectivity index (χ0v) is 14.2. The summed E-state index contributed by atoms with van der Waals surface area (Å²) in [5.41, 5.74) is 0.870. The quantitative estimate of drug-likeness (QED) is 0.891. The third-order valence-electron chi connectivity index (χ3n) is 5.98. The van der Waals surface area contributed by atoms with E-state index in [0.29, 0.717) is 5.92 Å². The van der Waals surface area contributed by atoms with Crippen LogP contribution in [0.5, 0.6) is 0 Å². The van der Waals surface area contributed by atoms with Crippen molar-refractivity contribution in [1.29, 1.82) is 0 Å². The van der Waals surface area contributed by atoms with Crippen LogP contribution in [-0.4, -0.2) is 49.8 Å². The number of ether oxygens (including phenoxy) is 1. The molecular formula is C19H27N3O2. The lowest BCUT2D eigenvalue weighted by Crippen LogP contribution is -2.56. The minimum atomic E-state index is -0.308. The molecule has 0 radical (unpaired) electrons. The fraction of sp³-hybridized carbons (Fsp3) is 0.632. The van der Waals surface area contributed by atoms with E-state index in [9.17, 15) is 4.79 Å². The number of nitrogens with zero attached hydrogens (tertiary/aromatic N) is 1. The molecule has 1 amide bonds. The van der Waals surface area contributed by atoms with Crippen LogP contribution in [0.2, 0.25) is 0 Å². The Morgan fingerprint density at radius 3 is 2.50 bits per heavy atom. The lowest BCUT2D eigenvalue weighted by molar-refractivity contribution is -0.0360. The summed E-state index contributed by atoms with van der Waals surface area (Å²) in [5, 5.41) is 6.62. The molecule has 1 aromatic rings. The van der Waals surface area contributed by atoms with Crippen molar-refractivity contribution in [1.82, 2.24) is 15.5 Å². The molecule has 1 aromatic carbocycles. The van der Waals surface area contributed by atoms with Crippen molar-refractivity contribution in [3.8, 4) is 0 Å². The van der Waals surface area contributed by atoms with Gasteiger partial charge in [-0.05, 0) is 63.3 Å². The first-order chi connectivity index (χ1) is 11.8. The van der Waals surface area contributed by atoms with Crippen molar-refractivity contribution >= 4 is 6.09 Å². The van der Waals surface area contributed by atoms with Gasteiger partial charge in [0.2, 0.25) is 0 Å². The molecule has 0 spiro atoms. The molecule has 5 rings (SSSR count). The maximum absolute atomic E-state index is 12.7. The predicted molar refractivity (Wildman–Crippen MR) is 92.8 cm³/mol. The van der Waals surface area contributed by atoms with Crippen molar-refractivity contribution in [3.05, 3.63) is 35.9 Å². The smallest absolute Gasteiger partial charge is 0.408 e. The second-order valence-electron chi connectivity index (χ2n) is 7.40. The molecule has 4 fully saturated rings. The summed E-state index contributed by atoms with van der Waals surface area (Å²) in [6.45, 7) is 5.04. The van der Waals surface area contributed by atoms with E-state index in [1.54, 1.807) is 0 Å². The predicted octanol–water partition coefficient (Wildman–Crippen LogP) is 2.09. The second-order valence-corrected chi connectivity index (χ2v) is 7.40. The first-order valence-electron chi connectivity index (χ1n) is 9.23. The monoisotopic (exact) mass is 329 g/mol. The Balaban J connectivity index is 1.45.